The van der Waals surface area contributed by atoms with Crippen LogP contribution < -0.4 is 11.1 Å². The highest BCUT2D eigenvalue weighted by molar-refractivity contribution is 7.10. The van der Waals surface area contributed by atoms with E-state index >= 15 is 0 Å². The summed E-state index contributed by atoms with van der Waals surface area (Å²) < 4.78 is 0. The number of thiophene rings is 1. The molecule has 2 rings (SSSR count). The third-order valence-electron chi connectivity index (χ3n) is 2.75. The largest absolute Gasteiger partial charge is 0.481 e. The van der Waals surface area contributed by atoms with E-state index in [2.05, 4.69) is 5.32 Å². The van der Waals surface area contributed by atoms with Crippen LogP contribution in [0.2, 0.25) is 5.02 Å². The number of carbonyl (C=O) groups excluding carboxylic acids is 1. The molecule has 0 aliphatic rings. The van der Waals surface area contributed by atoms with Gasteiger partial charge in [0.05, 0.1) is 12.5 Å². The van der Waals surface area contributed by atoms with E-state index in [9.17, 15) is 9.59 Å². The quantitative estimate of drug-likeness (QED) is 0.737. The Morgan fingerprint density at radius 2 is 2.14 bits per heavy atom. The normalized spacial score (nSPS) is 11.9. The van der Waals surface area contributed by atoms with E-state index in [4.69, 9.17) is 22.4 Å². The SMILES string of the molecule is Nc1cc(Cl)cc(C(=O)NC(CC(=O)O)c2cccs2)c1. The molecule has 0 spiro atoms. The van der Waals surface area contributed by atoms with Crippen molar-refractivity contribution in [1.82, 2.24) is 5.32 Å². The number of aliphatic carboxylic acids is 1. The highest BCUT2D eigenvalue weighted by Gasteiger charge is 2.20. The molecule has 0 saturated heterocycles. The van der Waals surface area contributed by atoms with Gasteiger partial charge >= 0.3 is 5.97 Å². The van der Waals surface area contributed by atoms with Gasteiger partial charge < -0.3 is 16.2 Å². The molecule has 110 valence electrons. The number of rotatable bonds is 5. The smallest absolute Gasteiger partial charge is 0.305 e. The van der Waals surface area contributed by atoms with Gasteiger partial charge in [-0.1, -0.05) is 17.7 Å². The Balaban J connectivity index is 2.19. The first-order valence-electron chi connectivity index (χ1n) is 6.08. The van der Waals surface area contributed by atoms with Crippen molar-refractivity contribution in [3.8, 4) is 0 Å². The second-order valence-electron chi connectivity index (χ2n) is 4.41. The highest BCUT2D eigenvalue weighted by Crippen LogP contribution is 2.23. The van der Waals surface area contributed by atoms with Gasteiger partial charge in [-0.15, -0.1) is 11.3 Å². The Kier molecular flexibility index (Phi) is 4.82. The topological polar surface area (TPSA) is 92.4 Å². The minimum Gasteiger partial charge on any atom is -0.481 e. The van der Waals surface area contributed by atoms with Crippen LogP contribution in [0.15, 0.2) is 35.7 Å². The van der Waals surface area contributed by atoms with Crippen LogP contribution in [-0.4, -0.2) is 17.0 Å². The van der Waals surface area contributed by atoms with Crippen LogP contribution in [0, 0.1) is 0 Å². The standard InChI is InChI=1S/C14H13ClN2O3S/c15-9-4-8(5-10(16)6-9)14(20)17-11(7-13(18)19)12-2-1-3-21-12/h1-6,11H,7,16H2,(H,17,20)(H,18,19). The van der Waals surface area contributed by atoms with Crippen molar-refractivity contribution >= 4 is 40.5 Å². The molecule has 1 atom stereocenters. The molecule has 5 nitrogen and oxygen atoms in total. The van der Waals surface area contributed by atoms with Crippen molar-refractivity contribution in [2.24, 2.45) is 0 Å². The minimum absolute atomic E-state index is 0.192. The van der Waals surface area contributed by atoms with Crippen molar-refractivity contribution in [2.45, 2.75) is 12.5 Å². The number of hydrogen-bond acceptors (Lipinski definition) is 4. The van der Waals surface area contributed by atoms with E-state index in [-0.39, 0.29) is 6.42 Å². The van der Waals surface area contributed by atoms with Gasteiger partial charge in [-0.2, -0.15) is 0 Å². The van der Waals surface area contributed by atoms with Crippen molar-refractivity contribution < 1.29 is 14.7 Å². The Morgan fingerprint density at radius 3 is 2.71 bits per heavy atom. The van der Waals surface area contributed by atoms with Crippen LogP contribution in [-0.2, 0) is 4.79 Å². The number of anilines is 1. The second-order valence-corrected chi connectivity index (χ2v) is 5.83. The molecule has 7 heteroatoms. The zero-order chi connectivity index (χ0) is 15.4. The lowest BCUT2D eigenvalue weighted by Crippen LogP contribution is -2.29. The molecule has 1 aromatic heterocycles. The first-order valence-corrected chi connectivity index (χ1v) is 7.33. The Bertz CT molecular complexity index is 638. The lowest BCUT2D eigenvalue weighted by molar-refractivity contribution is -0.137. The summed E-state index contributed by atoms with van der Waals surface area (Å²) >= 11 is 7.25. The lowest BCUT2D eigenvalue weighted by atomic mass is 10.1. The molecule has 4 N–H and O–H groups in total. The fourth-order valence-corrected chi connectivity index (χ4v) is 2.89. The monoisotopic (exact) mass is 324 g/mol. The minimum atomic E-state index is -0.987. The van der Waals surface area contributed by atoms with E-state index in [1.165, 1.54) is 29.5 Å². The third kappa shape index (κ3) is 4.21. The first-order chi connectivity index (χ1) is 9.95. The van der Waals surface area contributed by atoms with Crippen molar-refractivity contribution in [3.05, 3.63) is 51.2 Å². The summed E-state index contributed by atoms with van der Waals surface area (Å²) in [4.78, 5) is 23.9. The lowest BCUT2D eigenvalue weighted by Gasteiger charge is -2.16. The van der Waals surface area contributed by atoms with Gasteiger partial charge in [-0.05, 0) is 29.6 Å². The molecule has 2 aromatic rings. The van der Waals surface area contributed by atoms with Gasteiger partial charge in [-0.3, -0.25) is 9.59 Å². The van der Waals surface area contributed by atoms with E-state index < -0.39 is 17.9 Å². The fourth-order valence-electron chi connectivity index (χ4n) is 1.87. The van der Waals surface area contributed by atoms with Gasteiger partial charge in [0, 0.05) is 21.2 Å². The molecule has 1 amide bonds. The molecular formula is C14H13ClN2O3S. The molecule has 21 heavy (non-hydrogen) atoms. The average molecular weight is 325 g/mol. The van der Waals surface area contributed by atoms with Gasteiger partial charge in [0.25, 0.3) is 5.91 Å². The zero-order valence-electron chi connectivity index (χ0n) is 10.9. The summed E-state index contributed by atoms with van der Waals surface area (Å²) in [5, 5.41) is 13.8. The van der Waals surface area contributed by atoms with Gasteiger partial charge in [0.1, 0.15) is 0 Å². The molecule has 0 radical (unpaired) electrons. The number of carboxylic acid groups (broad SMARTS) is 1. The predicted octanol–water partition coefficient (Wildman–Crippen LogP) is 2.93. The summed E-state index contributed by atoms with van der Waals surface area (Å²) in [7, 11) is 0. The Hall–Kier alpha value is -2.05. The molecule has 1 heterocycles. The second kappa shape index (κ2) is 6.60. The van der Waals surface area contributed by atoms with Crippen molar-refractivity contribution in [2.75, 3.05) is 5.73 Å². The third-order valence-corrected chi connectivity index (χ3v) is 3.96. The number of amides is 1. The zero-order valence-corrected chi connectivity index (χ0v) is 12.4. The van der Waals surface area contributed by atoms with Crippen LogP contribution in [0.5, 0.6) is 0 Å². The number of halogens is 1. The first kappa shape index (κ1) is 15.3. The summed E-state index contributed by atoms with van der Waals surface area (Å²) in [6.45, 7) is 0. The number of carboxylic acids is 1. The average Bonchev–Trinajstić information content (AvgIpc) is 2.89. The number of benzene rings is 1. The van der Waals surface area contributed by atoms with Crippen molar-refractivity contribution in [3.63, 3.8) is 0 Å². The van der Waals surface area contributed by atoms with Crippen LogP contribution >= 0.6 is 22.9 Å². The molecule has 0 fully saturated rings. The number of hydrogen-bond donors (Lipinski definition) is 3. The van der Waals surface area contributed by atoms with Crippen LogP contribution in [0.25, 0.3) is 0 Å². The van der Waals surface area contributed by atoms with E-state index in [1.54, 1.807) is 12.1 Å². The molecule has 0 aliphatic heterocycles. The summed E-state index contributed by atoms with van der Waals surface area (Å²) in [5.41, 5.74) is 6.32. The summed E-state index contributed by atoms with van der Waals surface area (Å²) in [6.07, 6.45) is -0.192. The van der Waals surface area contributed by atoms with Gasteiger partial charge in [0.2, 0.25) is 0 Å². The van der Waals surface area contributed by atoms with Crippen LogP contribution in [0.1, 0.15) is 27.7 Å². The molecule has 0 bridgehead atoms. The number of carbonyl (C=O) groups is 2. The maximum Gasteiger partial charge on any atom is 0.305 e. The number of nitrogens with one attached hydrogen (secondary N) is 1. The number of nitrogens with two attached hydrogens (primary N) is 1. The van der Waals surface area contributed by atoms with Crippen LogP contribution in [0.3, 0.4) is 0 Å². The molecule has 0 aliphatic carbocycles. The molecule has 1 unspecified atom stereocenters. The van der Waals surface area contributed by atoms with Crippen molar-refractivity contribution in [1.29, 1.82) is 0 Å². The van der Waals surface area contributed by atoms with E-state index in [1.807, 2.05) is 5.38 Å². The van der Waals surface area contributed by atoms with E-state index in [0.29, 0.717) is 16.3 Å². The fraction of sp³-hybridized carbons (Fsp3) is 0.143. The molecule has 0 saturated carbocycles. The Labute approximate surface area is 130 Å². The van der Waals surface area contributed by atoms with Gasteiger partial charge in [0.15, 0.2) is 0 Å². The highest BCUT2D eigenvalue weighted by atomic mass is 35.5. The van der Waals surface area contributed by atoms with Crippen LogP contribution in [0.4, 0.5) is 5.69 Å². The maximum atomic E-state index is 12.2. The molecular weight excluding hydrogens is 312 g/mol. The summed E-state index contributed by atoms with van der Waals surface area (Å²) in [5.74, 6) is -1.40. The Morgan fingerprint density at radius 1 is 1.38 bits per heavy atom. The van der Waals surface area contributed by atoms with E-state index in [0.717, 1.165) is 4.88 Å². The number of nitrogen functional groups attached to an aromatic ring is 1. The van der Waals surface area contributed by atoms with Gasteiger partial charge in [-0.25, -0.2) is 0 Å². The summed E-state index contributed by atoms with van der Waals surface area (Å²) in [6, 6.07) is 7.51. The maximum absolute atomic E-state index is 12.2. The molecule has 1 aromatic carbocycles. The predicted molar refractivity (Wildman–Crippen MR) is 82.6 cm³/mol.